The van der Waals surface area contributed by atoms with Gasteiger partial charge in [-0.25, -0.2) is 9.48 Å². The average molecular weight is 370 g/mol. The van der Waals surface area contributed by atoms with Gasteiger partial charge >= 0.3 is 12.1 Å². The quantitative estimate of drug-likeness (QED) is 0.872. The molecule has 1 atom stereocenters. The monoisotopic (exact) mass is 370 g/mol. The Hall–Kier alpha value is -2.95. The molecule has 1 fully saturated rings. The molecule has 8 nitrogen and oxygen atoms in total. The van der Waals surface area contributed by atoms with Crippen molar-refractivity contribution in [1.29, 1.82) is 0 Å². The third-order valence-electron chi connectivity index (χ3n) is 3.84. The van der Waals surface area contributed by atoms with Gasteiger partial charge in [0.1, 0.15) is 0 Å². The lowest BCUT2D eigenvalue weighted by Gasteiger charge is -2.32. The van der Waals surface area contributed by atoms with Crippen molar-refractivity contribution in [2.45, 2.75) is 12.2 Å². The van der Waals surface area contributed by atoms with Gasteiger partial charge in [-0.05, 0) is 12.1 Å². The summed E-state index contributed by atoms with van der Waals surface area (Å²) in [5.74, 6) is -1.98. The van der Waals surface area contributed by atoms with Crippen molar-refractivity contribution in [2.24, 2.45) is 0 Å². The van der Waals surface area contributed by atoms with E-state index in [4.69, 9.17) is 4.74 Å². The minimum Gasteiger partial charge on any atom is -0.480 e. The Kier molecular flexibility index (Phi) is 4.64. The van der Waals surface area contributed by atoms with Crippen molar-refractivity contribution in [3.63, 3.8) is 0 Å². The van der Waals surface area contributed by atoms with E-state index in [1.54, 1.807) is 0 Å². The van der Waals surface area contributed by atoms with Crippen molar-refractivity contribution in [3.8, 4) is 5.69 Å². The molecule has 1 unspecified atom stereocenters. The Morgan fingerprint density at radius 2 is 2.00 bits per heavy atom. The van der Waals surface area contributed by atoms with Gasteiger partial charge in [-0.15, -0.1) is 5.10 Å². The van der Waals surface area contributed by atoms with Crippen molar-refractivity contribution < 1.29 is 32.6 Å². The number of carbonyl (C=O) groups is 2. The Morgan fingerprint density at radius 3 is 2.69 bits per heavy atom. The first kappa shape index (κ1) is 17.9. The molecule has 138 valence electrons. The third kappa shape index (κ3) is 3.38. The van der Waals surface area contributed by atoms with Gasteiger partial charge in [0.05, 0.1) is 30.7 Å². The SMILES string of the molecule is O=C(O)C1COCCN1C(=O)c1cn(-c2ccccc2C(F)(F)F)nn1. The number of rotatable bonds is 3. The van der Waals surface area contributed by atoms with Crippen LogP contribution in [-0.4, -0.2) is 62.7 Å². The first-order valence-corrected chi connectivity index (χ1v) is 7.49. The normalized spacial score (nSPS) is 18.0. The van der Waals surface area contributed by atoms with E-state index < -0.39 is 29.7 Å². The molecule has 1 aliphatic heterocycles. The number of morpholine rings is 1. The van der Waals surface area contributed by atoms with Crippen LogP contribution in [0, 0.1) is 0 Å². The number of amides is 1. The molecule has 1 aromatic heterocycles. The first-order valence-electron chi connectivity index (χ1n) is 7.49. The molecule has 11 heteroatoms. The second kappa shape index (κ2) is 6.75. The molecule has 0 bridgehead atoms. The summed E-state index contributed by atoms with van der Waals surface area (Å²) >= 11 is 0. The van der Waals surface area contributed by atoms with Crippen LogP contribution >= 0.6 is 0 Å². The number of hydrogen-bond acceptors (Lipinski definition) is 5. The molecule has 1 N–H and O–H groups in total. The number of carboxylic acids is 1. The maximum Gasteiger partial charge on any atom is 0.418 e. The molecule has 1 aromatic carbocycles. The molecule has 0 radical (unpaired) electrons. The predicted molar refractivity (Wildman–Crippen MR) is 79.6 cm³/mol. The van der Waals surface area contributed by atoms with Gasteiger partial charge in [0.15, 0.2) is 11.7 Å². The van der Waals surface area contributed by atoms with Gasteiger partial charge in [-0.1, -0.05) is 17.3 Å². The highest BCUT2D eigenvalue weighted by molar-refractivity contribution is 5.95. The number of carboxylic acid groups (broad SMARTS) is 1. The second-order valence-corrected chi connectivity index (χ2v) is 5.49. The zero-order valence-electron chi connectivity index (χ0n) is 13.2. The van der Waals surface area contributed by atoms with Crippen LogP contribution in [0.2, 0.25) is 0 Å². The fourth-order valence-electron chi connectivity index (χ4n) is 2.59. The Labute approximate surface area is 144 Å². The summed E-state index contributed by atoms with van der Waals surface area (Å²) in [5, 5.41) is 16.4. The van der Waals surface area contributed by atoms with Crippen molar-refractivity contribution in [2.75, 3.05) is 19.8 Å². The first-order chi connectivity index (χ1) is 12.3. The Balaban J connectivity index is 1.91. The van der Waals surface area contributed by atoms with Gasteiger partial charge in [-0.3, -0.25) is 4.79 Å². The number of alkyl halides is 3. The Bertz CT molecular complexity index is 836. The van der Waals surface area contributed by atoms with Crippen LogP contribution in [0.1, 0.15) is 16.1 Å². The number of halogens is 3. The summed E-state index contributed by atoms with van der Waals surface area (Å²) in [6.45, 7) is 0.00841. The van der Waals surface area contributed by atoms with Crippen LogP contribution in [0.5, 0.6) is 0 Å². The summed E-state index contributed by atoms with van der Waals surface area (Å²) in [6.07, 6.45) is -3.56. The summed E-state index contributed by atoms with van der Waals surface area (Å²) in [4.78, 5) is 24.8. The van der Waals surface area contributed by atoms with Crippen LogP contribution in [0.3, 0.4) is 0 Å². The number of benzene rings is 1. The largest absolute Gasteiger partial charge is 0.480 e. The second-order valence-electron chi connectivity index (χ2n) is 5.49. The van der Waals surface area contributed by atoms with Gasteiger partial charge < -0.3 is 14.7 Å². The zero-order chi connectivity index (χ0) is 18.9. The van der Waals surface area contributed by atoms with Gasteiger partial charge in [-0.2, -0.15) is 13.2 Å². The van der Waals surface area contributed by atoms with Crippen LogP contribution in [0.25, 0.3) is 5.69 Å². The predicted octanol–water partition coefficient (Wildman–Crippen LogP) is 1.21. The lowest BCUT2D eigenvalue weighted by Crippen LogP contribution is -2.52. The van der Waals surface area contributed by atoms with Gasteiger partial charge in [0.2, 0.25) is 0 Å². The van der Waals surface area contributed by atoms with Crippen molar-refractivity contribution in [1.82, 2.24) is 19.9 Å². The summed E-state index contributed by atoms with van der Waals surface area (Å²) in [5.41, 5.74) is -1.47. The van der Waals surface area contributed by atoms with Crippen LogP contribution in [0.4, 0.5) is 13.2 Å². The smallest absolute Gasteiger partial charge is 0.418 e. The summed E-state index contributed by atoms with van der Waals surface area (Å²) < 4.78 is 45.2. The maximum absolute atomic E-state index is 13.1. The van der Waals surface area contributed by atoms with Gasteiger partial charge in [0, 0.05) is 6.54 Å². The van der Waals surface area contributed by atoms with Crippen molar-refractivity contribution >= 4 is 11.9 Å². The van der Waals surface area contributed by atoms with Crippen LogP contribution < -0.4 is 0 Å². The molecule has 1 saturated heterocycles. The molecule has 0 saturated carbocycles. The molecule has 2 heterocycles. The number of para-hydroxylation sites is 1. The van der Waals surface area contributed by atoms with Crippen LogP contribution in [-0.2, 0) is 15.7 Å². The fraction of sp³-hybridized carbons (Fsp3) is 0.333. The molecule has 26 heavy (non-hydrogen) atoms. The maximum atomic E-state index is 13.1. The number of aromatic nitrogens is 3. The van der Waals surface area contributed by atoms with E-state index in [2.05, 4.69) is 10.3 Å². The fourth-order valence-corrected chi connectivity index (χ4v) is 2.59. The zero-order valence-corrected chi connectivity index (χ0v) is 13.2. The standard InChI is InChI=1S/C15H13F3N4O4/c16-15(17,18)9-3-1-2-4-11(9)22-7-10(19-20-22)13(23)21-5-6-26-8-12(21)14(24)25/h1-4,7,12H,5-6,8H2,(H,24,25). The van der Waals surface area contributed by atoms with Crippen LogP contribution in [0.15, 0.2) is 30.5 Å². The molecular weight excluding hydrogens is 357 g/mol. The molecule has 0 aliphatic carbocycles. The lowest BCUT2D eigenvalue weighted by atomic mass is 10.1. The molecule has 0 spiro atoms. The highest BCUT2D eigenvalue weighted by Crippen LogP contribution is 2.33. The summed E-state index contributed by atoms with van der Waals surface area (Å²) in [7, 11) is 0. The van der Waals surface area contributed by atoms with Crippen molar-refractivity contribution in [3.05, 3.63) is 41.7 Å². The molecular formula is C15H13F3N4O4. The number of nitrogens with zero attached hydrogens (tertiary/aromatic N) is 4. The highest BCUT2D eigenvalue weighted by atomic mass is 19.4. The highest BCUT2D eigenvalue weighted by Gasteiger charge is 2.36. The minimum absolute atomic E-state index is 0.0296. The summed E-state index contributed by atoms with van der Waals surface area (Å²) in [6, 6.07) is 3.53. The lowest BCUT2D eigenvalue weighted by molar-refractivity contribution is -0.147. The van der Waals surface area contributed by atoms with E-state index in [1.807, 2.05) is 0 Å². The van der Waals surface area contributed by atoms with E-state index in [1.165, 1.54) is 18.2 Å². The van der Waals surface area contributed by atoms with E-state index in [0.29, 0.717) is 0 Å². The number of aliphatic carboxylic acids is 1. The molecule has 1 amide bonds. The molecule has 1 aliphatic rings. The van der Waals surface area contributed by atoms with E-state index >= 15 is 0 Å². The third-order valence-corrected chi connectivity index (χ3v) is 3.84. The van der Waals surface area contributed by atoms with E-state index in [-0.39, 0.29) is 31.1 Å². The molecule has 2 aromatic rings. The van der Waals surface area contributed by atoms with Gasteiger partial charge in [0.25, 0.3) is 5.91 Å². The number of ether oxygens (including phenoxy) is 1. The van der Waals surface area contributed by atoms with E-state index in [0.717, 1.165) is 21.8 Å². The number of hydrogen-bond donors (Lipinski definition) is 1. The average Bonchev–Trinajstić information content (AvgIpc) is 3.10. The van der Waals surface area contributed by atoms with E-state index in [9.17, 15) is 27.9 Å². The molecule has 3 rings (SSSR count). The Morgan fingerprint density at radius 1 is 1.27 bits per heavy atom. The minimum atomic E-state index is -4.61. The number of carbonyl (C=O) groups excluding carboxylic acids is 1. The topological polar surface area (TPSA) is 97.6 Å².